The molecule has 0 amide bonds. The molecule has 0 bridgehead atoms. The minimum absolute atomic E-state index is 0.0395. The topological polar surface area (TPSA) is 3.24 Å². The van der Waals surface area contributed by atoms with Crippen LogP contribution in [0.25, 0.3) is 0 Å². The van der Waals surface area contributed by atoms with Crippen molar-refractivity contribution in [3.8, 4) is 0 Å². The van der Waals surface area contributed by atoms with Crippen molar-refractivity contribution in [1.82, 2.24) is 4.90 Å². The second-order valence-electron chi connectivity index (χ2n) is 3.50. The number of benzene rings is 1. The van der Waals surface area contributed by atoms with Gasteiger partial charge in [-0.05, 0) is 34.6 Å². The quantitative estimate of drug-likeness (QED) is 0.771. The Kier molecular flexibility index (Phi) is 4.32. The van der Waals surface area contributed by atoms with Crippen LogP contribution in [0.1, 0.15) is 5.56 Å². The fourth-order valence-electron chi connectivity index (χ4n) is 1.32. The van der Waals surface area contributed by atoms with Gasteiger partial charge in [-0.3, -0.25) is 4.90 Å². The fraction of sp³-hybridized carbons (Fsp3) is 0.400. The Morgan fingerprint density at radius 1 is 1.31 bits per heavy atom. The molecule has 6 heteroatoms. The van der Waals surface area contributed by atoms with Crippen molar-refractivity contribution in [2.45, 2.75) is 12.7 Å². The van der Waals surface area contributed by atoms with Crippen LogP contribution >= 0.6 is 15.9 Å². The van der Waals surface area contributed by atoms with Crippen LogP contribution in [0.2, 0.25) is 0 Å². The van der Waals surface area contributed by atoms with E-state index in [4.69, 9.17) is 0 Å². The first-order valence-corrected chi connectivity index (χ1v) is 5.27. The van der Waals surface area contributed by atoms with Crippen molar-refractivity contribution >= 4 is 15.9 Å². The predicted molar refractivity (Wildman–Crippen MR) is 56.5 cm³/mol. The van der Waals surface area contributed by atoms with Crippen molar-refractivity contribution in [2.24, 2.45) is 0 Å². The maximum absolute atomic E-state index is 13.1. The van der Waals surface area contributed by atoms with Crippen molar-refractivity contribution in [2.75, 3.05) is 13.6 Å². The van der Waals surface area contributed by atoms with Gasteiger partial charge in [-0.15, -0.1) is 0 Å². The van der Waals surface area contributed by atoms with Gasteiger partial charge in [-0.25, -0.2) is 4.39 Å². The monoisotopic (exact) mass is 299 g/mol. The third-order valence-corrected chi connectivity index (χ3v) is 2.81. The summed E-state index contributed by atoms with van der Waals surface area (Å²) in [5, 5.41) is 0. The van der Waals surface area contributed by atoms with E-state index in [0.29, 0.717) is 5.56 Å². The molecule has 1 aromatic rings. The van der Waals surface area contributed by atoms with Crippen LogP contribution in [0.3, 0.4) is 0 Å². The molecule has 0 aliphatic rings. The Hall–Kier alpha value is -0.620. The van der Waals surface area contributed by atoms with E-state index in [0.717, 1.165) is 4.90 Å². The SMILES string of the molecule is CN(Cc1cccc(F)c1Br)CC(F)(F)F. The van der Waals surface area contributed by atoms with Crippen molar-refractivity contribution in [3.63, 3.8) is 0 Å². The van der Waals surface area contributed by atoms with Gasteiger partial charge in [0.15, 0.2) is 0 Å². The van der Waals surface area contributed by atoms with Gasteiger partial charge in [0.1, 0.15) is 5.82 Å². The number of halogens is 5. The van der Waals surface area contributed by atoms with Gasteiger partial charge >= 0.3 is 6.18 Å². The summed E-state index contributed by atoms with van der Waals surface area (Å²) in [6.07, 6.45) is -4.24. The second-order valence-corrected chi connectivity index (χ2v) is 4.29. The summed E-state index contributed by atoms with van der Waals surface area (Å²) in [6.45, 7) is -0.978. The molecule has 0 unspecified atom stereocenters. The van der Waals surface area contributed by atoms with Crippen LogP contribution in [0.5, 0.6) is 0 Å². The first-order chi connectivity index (χ1) is 7.29. The van der Waals surface area contributed by atoms with Gasteiger partial charge < -0.3 is 0 Å². The molecule has 90 valence electrons. The van der Waals surface area contributed by atoms with E-state index in [2.05, 4.69) is 15.9 Å². The molecule has 0 N–H and O–H groups in total. The molecule has 1 rings (SSSR count). The van der Waals surface area contributed by atoms with E-state index >= 15 is 0 Å². The van der Waals surface area contributed by atoms with E-state index in [-0.39, 0.29) is 11.0 Å². The molecule has 0 aromatic heterocycles. The van der Waals surface area contributed by atoms with E-state index in [1.54, 1.807) is 6.07 Å². The number of alkyl halides is 3. The lowest BCUT2D eigenvalue weighted by atomic mass is 10.2. The molecule has 0 atom stereocenters. The smallest absolute Gasteiger partial charge is 0.294 e. The summed E-state index contributed by atoms with van der Waals surface area (Å²) < 4.78 is 49.5. The van der Waals surface area contributed by atoms with Crippen molar-refractivity contribution in [3.05, 3.63) is 34.1 Å². The molecular weight excluding hydrogens is 290 g/mol. The zero-order valence-electron chi connectivity index (χ0n) is 8.48. The molecule has 1 nitrogen and oxygen atoms in total. The first kappa shape index (κ1) is 13.4. The third kappa shape index (κ3) is 4.09. The average Bonchev–Trinajstić information content (AvgIpc) is 2.09. The molecule has 0 spiro atoms. The van der Waals surface area contributed by atoms with Gasteiger partial charge in [-0.2, -0.15) is 13.2 Å². The Balaban J connectivity index is 2.70. The van der Waals surface area contributed by atoms with Crippen molar-refractivity contribution in [1.29, 1.82) is 0 Å². The van der Waals surface area contributed by atoms with Gasteiger partial charge in [0.25, 0.3) is 0 Å². The predicted octanol–water partition coefficient (Wildman–Crippen LogP) is 3.58. The molecular formula is C10H10BrF4N. The van der Waals surface area contributed by atoms with Gasteiger partial charge in [0.2, 0.25) is 0 Å². The Labute approximate surface area is 99.2 Å². The van der Waals surface area contributed by atoms with E-state index in [1.807, 2.05) is 0 Å². The Bertz CT molecular complexity index is 364. The second kappa shape index (κ2) is 5.14. The highest BCUT2D eigenvalue weighted by Crippen LogP contribution is 2.23. The number of hydrogen-bond donors (Lipinski definition) is 0. The molecule has 0 aliphatic heterocycles. The molecule has 1 aromatic carbocycles. The average molecular weight is 300 g/mol. The maximum atomic E-state index is 13.1. The van der Waals surface area contributed by atoms with Crippen LogP contribution in [0.15, 0.2) is 22.7 Å². The van der Waals surface area contributed by atoms with Crippen LogP contribution in [-0.4, -0.2) is 24.7 Å². The lowest BCUT2D eigenvalue weighted by Gasteiger charge is -2.19. The van der Waals surface area contributed by atoms with E-state index in [1.165, 1.54) is 19.2 Å². The molecule has 0 saturated heterocycles. The van der Waals surface area contributed by atoms with Gasteiger partial charge in [0, 0.05) is 6.54 Å². The lowest BCUT2D eigenvalue weighted by Crippen LogP contribution is -2.30. The Morgan fingerprint density at radius 3 is 2.50 bits per heavy atom. The van der Waals surface area contributed by atoms with Gasteiger partial charge in [0.05, 0.1) is 11.0 Å². The number of nitrogens with zero attached hydrogens (tertiary/aromatic N) is 1. The minimum Gasteiger partial charge on any atom is -0.294 e. The highest BCUT2D eigenvalue weighted by atomic mass is 79.9. The van der Waals surface area contributed by atoms with Gasteiger partial charge in [-0.1, -0.05) is 12.1 Å². The highest BCUT2D eigenvalue weighted by Gasteiger charge is 2.29. The fourth-order valence-corrected chi connectivity index (χ4v) is 1.71. The summed E-state index contributed by atoms with van der Waals surface area (Å²) in [5.41, 5.74) is 0.492. The normalized spacial score (nSPS) is 12.2. The summed E-state index contributed by atoms with van der Waals surface area (Å²) in [5.74, 6) is -0.474. The summed E-state index contributed by atoms with van der Waals surface area (Å²) in [6, 6.07) is 4.30. The van der Waals surface area contributed by atoms with E-state index in [9.17, 15) is 17.6 Å². The molecule has 0 radical (unpaired) electrons. The van der Waals surface area contributed by atoms with Crippen LogP contribution in [0.4, 0.5) is 17.6 Å². The van der Waals surface area contributed by atoms with E-state index < -0.39 is 18.5 Å². The molecule has 0 fully saturated rings. The highest BCUT2D eigenvalue weighted by molar-refractivity contribution is 9.10. The molecule has 0 heterocycles. The van der Waals surface area contributed by atoms with Crippen LogP contribution in [-0.2, 0) is 6.54 Å². The lowest BCUT2D eigenvalue weighted by molar-refractivity contribution is -0.144. The maximum Gasteiger partial charge on any atom is 0.401 e. The van der Waals surface area contributed by atoms with Crippen molar-refractivity contribution < 1.29 is 17.6 Å². The number of rotatable bonds is 3. The molecule has 16 heavy (non-hydrogen) atoms. The standard InChI is InChI=1S/C10H10BrF4N/c1-16(6-10(13,14)15)5-7-3-2-4-8(12)9(7)11/h2-4H,5-6H2,1H3. The van der Waals surface area contributed by atoms with Crippen LogP contribution < -0.4 is 0 Å². The minimum atomic E-state index is -4.24. The third-order valence-electron chi connectivity index (χ3n) is 1.92. The molecule has 0 saturated carbocycles. The number of hydrogen-bond acceptors (Lipinski definition) is 1. The largest absolute Gasteiger partial charge is 0.401 e. The summed E-state index contributed by atoms with van der Waals surface area (Å²) in [4.78, 5) is 1.08. The first-order valence-electron chi connectivity index (χ1n) is 4.48. The summed E-state index contributed by atoms with van der Waals surface area (Å²) >= 11 is 3.01. The summed E-state index contributed by atoms with van der Waals surface area (Å²) in [7, 11) is 1.34. The zero-order valence-corrected chi connectivity index (χ0v) is 10.1. The molecule has 0 aliphatic carbocycles. The van der Waals surface area contributed by atoms with Crippen LogP contribution in [0, 0.1) is 5.82 Å². The zero-order chi connectivity index (χ0) is 12.3. The Morgan fingerprint density at radius 2 is 1.94 bits per heavy atom.